The first-order valence-electron chi connectivity index (χ1n) is 7.01. The number of rotatable bonds is 3. The monoisotopic (exact) mass is 270 g/mol. The number of carbonyl (C=O) groups excluding carboxylic acids is 1. The van der Waals surface area contributed by atoms with Crippen LogP contribution in [0.1, 0.15) is 32.1 Å². The Balaban J connectivity index is 1.88. The van der Waals surface area contributed by atoms with Crippen molar-refractivity contribution in [3.05, 3.63) is 0 Å². The van der Waals surface area contributed by atoms with Crippen LogP contribution in [0.4, 0.5) is 4.79 Å². The first kappa shape index (κ1) is 14.1. The molecule has 2 amide bonds. The lowest BCUT2D eigenvalue weighted by molar-refractivity contribution is -0.140. The molecule has 0 radical (unpaired) electrons. The molecule has 0 spiro atoms. The zero-order valence-electron chi connectivity index (χ0n) is 11.0. The Kier molecular flexibility index (Phi) is 4.63. The van der Waals surface area contributed by atoms with Crippen LogP contribution in [-0.2, 0) is 4.79 Å². The van der Waals surface area contributed by atoms with Crippen molar-refractivity contribution < 1.29 is 19.8 Å². The van der Waals surface area contributed by atoms with E-state index in [1.165, 1.54) is 19.3 Å². The number of carboxylic acid groups (broad SMARTS) is 1. The average molecular weight is 270 g/mol. The van der Waals surface area contributed by atoms with Gasteiger partial charge in [0.25, 0.3) is 0 Å². The Labute approximate surface area is 112 Å². The summed E-state index contributed by atoms with van der Waals surface area (Å²) < 4.78 is 0. The molecule has 19 heavy (non-hydrogen) atoms. The number of urea groups is 1. The van der Waals surface area contributed by atoms with E-state index in [1.54, 1.807) is 4.90 Å². The van der Waals surface area contributed by atoms with E-state index in [1.807, 2.05) is 0 Å². The average Bonchev–Trinajstić information content (AvgIpc) is 2.43. The maximum Gasteiger partial charge on any atom is 0.328 e. The number of nitrogens with one attached hydrogen (secondary N) is 1. The molecule has 3 atom stereocenters. The molecule has 0 aromatic carbocycles. The van der Waals surface area contributed by atoms with Gasteiger partial charge in [-0.1, -0.05) is 19.3 Å². The number of carboxylic acids is 1. The Morgan fingerprint density at radius 3 is 2.53 bits per heavy atom. The summed E-state index contributed by atoms with van der Waals surface area (Å²) in [6.07, 6.45) is 5.95. The molecule has 2 unspecified atom stereocenters. The van der Waals surface area contributed by atoms with Crippen molar-refractivity contribution >= 4 is 12.0 Å². The Morgan fingerprint density at radius 1 is 1.21 bits per heavy atom. The van der Waals surface area contributed by atoms with Crippen LogP contribution in [0.5, 0.6) is 0 Å². The van der Waals surface area contributed by atoms with Gasteiger partial charge in [0, 0.05) is 13.1 Å². The Morgan fingerprint density at radius 2 is 1.89 bits per heavy atom. The zero-order chi connectivity index (χ0) is 13.8. The third kappa shape index (κ3) is 3.37. The van der Waals surface area contributed by atoms with E-state index < -0.39 is 18.6 Å². The first-order valence-corrected chi connectivity index (χ1v) is 7.01. The van der Waals surface area contributed by atoms with Gasteiger partial charge in [-0.15, -0.1) is 0 Å². The second kappa shape index (κ2) is 6.23. The van der Waals surface area contributed by atoms with Gasteiger partial charge in [-0.2, -0.15) is 0 Å². The summed E-state index contributed by atoms with van der Waals surface area (Å²) in [5, 5.41) is 20.1. The minimum absolute atomic E-state index is 0.370. The van der Waals surface area contributed by atoms with Crippen molar-refractivity contribution in [2.24, 2.45) is 11.8 Å². The molecule has 6 nitrogen and oxygen atoms in total. The molecule has 0 aromatic rings. The van der Waals surface area contributed by atoms with Crippen molar-refractivity contribution in [1.82, 2.24) is 10.2 Å². The number of nitrogens with zero attached hydrogens (tertiary/aromatic N) is 1. The lowest BCUT2D eigenvalue weighted by atomic mass is 9.75. The number of carbonyl (C=O) groups is 2. The summed E-state index contributed by atoms with van der Waals surface area (Å²) in [5.41, 5.74) is 0. The molecule has 3 N–H and O–H groups in total. The lowest BCUT2D eigenvalue weighted by Crippen LogP contribution is -2.53. The molecule has 108 valence electrons. The van der Waals surface area contributed by atoms with Crippen LogP contribution in [0.15, 0.2) is 0 Å². The van der Waals surface area contributed by atoms with Crippen LogP contribution in [-0.4, -0.2) is 52.9 Å². The van der Waals surface area contributed by atoms with E-state index in [2.05, 4.69) is 5.32 Å². The minimum Gasteiger partial charge on any atom is -0.480 e. The van der Waals surface area contributed by atoms with Crippen LogP contribution < -0.4 is 5.32 Å². The third-order valence-corrected chi connectivity index (χ3v) is 4.36. The number of piperidine rings is 1. The molecule has 2 aliphatic rings. The molecule has 0 bridgehead atoms. The number of fused-ring (bicyclic) bond motifs is 1. The second-order valence-corrected chi connectivity index (χ2v) is 5.56. The second-order valence-electron chi connectivity index (χ2n) is 5.56. The molecule has 1 aliphatic heterocycles. The lowest BCUT2D eigenvalue weighted by Gasteiger charge is -2.41. The number of hydrogen-bond donors (Lipinski definition) is 3. The van der Waals surface area contributed by atoms with Gasteiger partial charge in [-0.3, -0.25) is 0 Å². The highest BCUT2D eigenvalue weighted by Crippen LogP contribution is 2.35. The molecule has 2 rings (SSSR count). The smallest absolute Gasteiger partial charge is 0.328 e. The van der Waals surface area contributed by atoms with Crippen molar-refractivity contribution in [2.75, 3.05) is 19.7 Å². The van der Waals surface area contributed by atoms with Crippen molar-refractivity contribution in [3.63, 3.8) is 0 Å². The van der Waals surface area contributed by atoms with E-state index in [0.29, 0.717) is 19.0 Å². The van der Waals surface area contributed by atoms with E-state index in [9.17, 15) is 9.59 Å². The number of hydrogen-bond acceptors (Lipinski definition) is 3. The zero-order valence-corrected chi connectivity index (χ0v) is 11.0. The molecule has 6 heteroatoms. The van der Waals surface area contributed by atoms with Crippen LogP contribution in [0.25, 0.3) is 0 Å². The fourth-order valence-electron chi connectivity index (χ4n) is 3.21. The summed E-state index contributed by atoms with van der Waals surface area (Å²) in [6.45, 7) is 0.819. The summed E-state index contributed by atoms with van der Waals surface area (Å²) in [5.74, 6) is 0.0833. The highest BCUT2D eigenvalue weighted by molar-refractivity contribution is 5.82. The van der Waals surface area contributed by atoms with Crippen molar-refractivity contribution in [3.8, 4) is 0 Å². The van der Waals surface area contributed by atoms with Gasteiger partial charge in [0.2, 0.25) is 0 Å². The molecular formula is C13H22N2O4. The largest absolute Gasteiger partial charge is 0.480 e. The number of likely N-dealkylation sites (tertiary alicyclic amines) is 1. The van der Waals surface area contributed by atoms with Gasteiger partial charge in [0.15, 0.2) is 6.04 Å². The fraction of sp³-hybridized carbons (Fsp3) is 0.846. The van der Waals surface area contributed by atoms with E-state index in [4.69, 9.17) is 10.2 Å². The third-order valence-electron chi connectivity index (χ3n) is 4.36. The predicted octanol–water partition coefficient (Wildman–Crippen LogP) is 0.654. The first-order chi connectivity index (χ1) is 9.11. The van der Waals surface area contributed by atoms with Crippen LogP contribution in [0.2, 0.25) is 0 Å². The van der Waals surface area contributed by atoms with Gasteiger partial charge >= 0.3 is 12.0 Å². The van der Waals surface area contributed by atoms with Gasteiger partial charge in [0.1, 0.15) is 0 Å². The molecule has 0 aromatic heterocycles. The molecule has 1 heterocycles. The molecule has 1 saturated carbocycles. The summed E-state index contributed by atoms with van der Waals surface area (Å²) >= 11 is 0. The molecular weight excluding hydrogens is 248 g/mol. The highest BCUT2D eigenvalue weighted by atomic mass is 16.4. The Bertz CT molecular complexity index is 348. The molecule has 2 fully saturated rings. The van der Waals surface area contributed by atoms with Crippen LogP contribution in [0.3, 0.4) is 0 Å². The summed E-state index contributed by atoms with van der Waals surface area (Å²) in [7, 11) is 0. The van der Waals surface area contributed by atoms with E-state index >= 15 is 0 Å². The fourth-order valence-corrected chi connectivity index (χ4v) is 3.21. The Hall–Kier alpha value is -1.30. The van der Waals surface area contributed by atoms with Crippen molar-refractivity contribution in [2.45, 2.75) is 38.1 Å². The van der Waals surface area contributed by atoms with E-state index in [-0.39, 0.29) is 6.03 Å². The number of amides is 2. The summed E-state index contributed by atoms with van der Waals surface area (Å²) in [4.78, 5) is 24.5. The molecule has 1 aliphatic carbocycles. The maximum absolute atomic E-state index is 12.0. The van der Waals surface area contributed by atoms with Gasteiger partial charge in [0.05, 0.1) is 6.61 Å². The SMILES string of the molecule is O=C(O)[C@@H](CO)NC(=O)N1CCC2CCCCC2C1. The van der Waals surface area contributed by atoms with Crippen molar-refractivity contribution in [1.29, 1.82) is 0 Å². The number of aliphatic hydroxyl groups excluding tert-OH is 1. The van der Waals surface area contributed by atoms with Gasteiger partial charge in [-0.25, -0.2) is 9.59 Å². The van der Waals surface area contributed by atoms with Crippen LogP contribution >= 0.6 is 0 Å². The number of aliphatic hydroxyl groups is 1. The van der Waals surface area contributed by atoms with Crippen LogP contribution in [0, 0.1) is 11.8 Å². The standard InChI is InChI=1S/C13H22N2O4/c16-8-11(12(17)18)14-13(19)15-6-5-9-3-1-2-4-10(9)7-15/h9-11,16H,1-8H2,(H,14,19)(H,17,18)/t9?,10?,11-/m1/s1. The minimum atomic E-state index is -1.21. The van der Waals surface area contributed by atoms with E-state index in [0.717, 1.165) is 18.8 Å². The topological polar surface area (TPSA) is 89.9 Å². The maximum atomic E-state index is 12.0. The predicted molar refractivity (Wildman–Crippen MR) is 68.7 cm³/mol. The highest BCUT2D eigenvalue weighted by Gasteiger charge is 2.33. The van der Waals surface area contributed by atoms with Gasteiger partial charge < -0.3 is 20.4 Å². The normalized spacial score (nSPS) is 28.4. The van der Waals surface area contributed by atoms with Gasteiger partial charge in [-0.05, 0) is 24.7 Å². The quantitative estimate of drug-likeness (QED) is 0.702. The molecule has 1 saturated heterocycles. The summed E-state index contributed by atoms with van der Waals surface area (Å²) in [6, 6.07) is -1.58. The number of aliphatic carboxylic acids is 1.